The Kier molecular flexibility index (Phi) is 5.10. The first-order valence-corrected chi connectivity index (χ1v) is 6.52. The standard InChI is InChI=1S/C12H18BrN3O2/c1-12(2,3)15-7-6-14-9-4-5-11(16(17)18)10(13)8-9/h4-5,8,14-15H,6-7H2,1-3H3. The Hall–Kier alpha value is -1.14. The molecule has 6 heteroatoms. The number of nitro benzene ring substituents is 1. The molecular formula is C12H18BrN3O2. The predicted molar refractivity (Wildman–Crippen MR) is 77.0 cm³/mol. The maximum atomic E-state index is 10.6. The van der Waals surface area contributed by atoms with Gasteiger partial charge in [-0.15, -0.1) is 0 Å². The van der Waals surface area contributed by atoms with Gasteiger partial charge in [0, 0.05) is 30.4 Å². The van der Waals surface area contributed by atoms with Gasteiger partial charge in [-0.2, -0.15) is 0 Å². The van der Waals surface area contributed by atoms with Gasteiger partial charge in [-0.3, -0.25) is 10.1 Å². The van der Waals surface area contributed by atoms with Crippen molar-refractivity contribution in [3.05, 3.63) is 32.8 Å². The summed E-state index contributed by atoms with van der Waals surface area (Å²) in [5, 5.41) is 17.2. The van der Waals surface area contributed by atoms with Crippen LogP contribution in [0.5, 0.6) is 0 Å². The van der Waals surface area contributed by atoms with Gasteiger partial charge >= 0.3 is 0 Å². The molecule has 0 aliphatic carbocycles. The number of nitrogens with zero attached hydrogens (tertiary/aromatic N) is 1. The first-order valence-electron chi connectivity index (χ1n) is 5.72. The fourth-order valence-electron chi connectivity index (χ4n) is 1.41. The number of nitrogens with one attached hydrogen (secondary N) is 2. The van der Waals surface area contributed by atoms with Gasteiger partial charge < -0.3 is 10.6 Å². The second-order valence-corrected chi connectivity index (χ2v) is 5.88. The zero-order valence-electron chi connectivity index (χ0n) is 10.8. The molecule has 0 saturated heterocycles. The largest absolute Gasteiger partial charge is 0.384 e. The van der Waals surface area contributed by atoms with E-state index in [1.165, 1.54) is 6.07 Å². The Balaban J connectivity index is 2.49. The Morgan fingerprint density at radius 1 is 1.33 bits per heavy atom. The second kappa shape index (κ2) is 6.15. The highest BCUT2D eigenvalue weighted by Gasteiger charge is 2.11. The van der Waals surface area contributed by atoms with Crippen LogP contribution in [0.3, 0.4) is 0 Å². The minimum absolute atomic E-state index is 0.0772. The highest BCUT2D eigenvalue weighted by atomic mass is 79.9. The lowest BCUT2D eigenvalue weighted by molar-refractivity contribution is -0.385. The van der Waals surface area contributed by atoms with E-state index in [9.17, 15) is 10.1 Å². The third-order valence-corrected chi connectivity index (χ3v) is 2.89. The Bertz CT molecular complexity index is 430. The van der Waals surface area contributed by atoms with E-state index in [2.05, 4.69) is 47.3 Å². The third kappa shape index (κ3) is 5.01. The number of hydrogen-bond donors (Lipinski definition) is 2. The highest BCUT2D eigenvalue weighted by Crippen LogP contribution is 2.27. The molecule has 0 spiro atoms. The van der Waals surface area contributed by atoms with Gasteiger partial charge in [0.25, 0.3) is 5.69 Å². The lowest BCUT2D eigenvalue weighted by Gasteiger charge is -2.20. The molecular weight excluding hydrogens is 298 g/mol. The maximum Gasteiger partial charge on any atom is 0.283 e. The van der Waals surface area contributed by atoms with E-state index >= 15 is 0 Å². The van der Waals surface area contributed by atoms with Crippen LogP contribution in [0.15, 0.2) is 22.7 Å². The van der Waals surface area contributed by atoms with Crippen molar-refractivity contribution < 1.29 is 4.92 Å². The molecule has 0 heterocycles. The molecule has 2 N–H and O–H groups in total. The van der Waals surface area contributed by atoms with Crippen LogP contribution in [0, 0.1) is 10.1 Å². The Morgan fingerprint density at radius 2 is 2.00 bits per heavy atom. The molecule has 0 aliphatic heterocycles. The molecule has 5 nitrogen and oxygen atoms in total. The Labute approximate surface area is 115 Å². The average molecular weight is 316 g/mol. The van der Waals surface area contributed by atoms with Crippen LogP contribution in [0.4, 0.5) is 11.4 Å². The van der Waals surface area contributed by atoms with Crippen molar-refractivity contribution in [2.45, 2.75) is 26.3 Å². The van der Waals surface area contributed by atoms with E-state index < -0.39 is 4.92 Å². The number of hydrogen-bond acceptors (Lipinski definition) is 4. The summed E-state index contributed by atoms with van der Waals surface area (Å²) in [5.74, 6) is 0. The summed E-state index contributed by atoms with van der Waals surface area (Å²) < 4.78 is 0.487. The monoisotopic (exact) mass is 315 g/mol. The number of halogens is 1. The van der Waals surface area contributed by atoms with Gasteiger partial charge in [0.1, 0.15) is 0 Å². The van der Waals surface area contributed by atoms with Crippen molar-refractivity contribution in [2.75, 3.05) is 18.4 Å². The van der Waals surface area contributed by atoms with Gasteiger partial charge in [-0.25, -0.2) is 0 Å². The van der Waals surface area contributed by atoms with Crippen molar-refractivity contribution in [1.82, 2.24) is 5.32 Å². The highest BCUT2D eigenvalue weighted by molar-refractivity contribution is 9.10. The summed E-state index contributed by atoms with van der Waals surface area (Å²) in [4.78, 5) is 10.2. The maximum absolute atomic E-state index is 10.6. The fourth-order valence-corrected chi connectivity index (χ4v) is 1.93. The summed E-state index contributed by atoms with van der Waals surface area (Å²) in [6.07, 6.45) is 0. The molecule has 0 atom stereocenters. The van der Waals surface area contributed by atoms with Crippen LogP contribution in [0.25, 0.3) is 0 Å². The number of benzene rings is 1. The third-order valence-electron chi connectivity index (χ3n) is 2.25. The zero-order valence-corrected chi connectivity index (χ0v) is 12.4. The van der Waals surface area contributed by atoms with Crippen LogP contribution < -0.4 is 10.6 Å². The van der Waals surface area contributed by atoms with Crippen molar-refractivity contribution in [3.63, 3.8) is 0 Å². The quantitative estimate of drug-likeness (QED) is 0.497. The molecule has 1 aromatic carbocycles. The number of anilines is 1. The van der Waals surface area contributed by atoms with E-state index in [0.717, 1.165) is 18.8 Å². The fraction of sp³-hybridized carbons (Fsp3) is 0.500. The minimum atomic E-state index is -0.408. The van der Waals surface area contributed by atoms with E-state index in [1.807, 2.05) is 0 Å². The van der Waals surface area contributed by atoms with Gasteiger partial charge in [-0.05, 0) is 48.8 Å². The lowest BCUT2D eigenvalue weighted by atomic mass is 10.1. The van der Waals surface area contributed by atoms with Gasteiger partial charge in [-0.1, -0.05) is 0 Å². The summed E-state index contributed by atoms with van der Waals surface area (Å²) in [5.41, 5.74) is 1.04. The average Bonchev–Trinajstić information content (AvgIpc) is 2.22. The van der Waals surface area contributed by atoms with E-state index in [0.29, 0.717) is 4.47 Å². The van der Waals surface area contributed by atoms with Crippen molar-refractivity contribution >= 4 is 27.3 Å². The van der Waals surface area contributed by atoms with Crippen LogP contribution in [-0.2, 0) is 0 Å². The molecule has 0 aliphatic rings. The molecule has 1 rings (SSSR count). The molecule has 100 valence electrons. The molecule has 0 saturated carbocycles. The van der Waals surface area contributed by atoms with Crippen LogP contribution in [-0.4, -0.2) is 23.6 Å². The molecule has 0 fully saturated rings. The van der Waals surface area contributed by atoms with E-state index in [-0.39, 0.29) is 11.2 Å². The van der Waals surface area contributed by atoms with E-state index in [4.69, 9.17) is 0 Å². The Morgan fingerprint density at radius 3 is 2.50 bits per heavy atom. The molecule has 0 radical (unpaired) electrons. The SMILES string of the molecule is CC(C)(C)NCCNc1ccc([N+](=O)[O-])c(Br)c1. The summed E-state index contributed by atoms with van der Waals surface area (Å²) in [6.45, 7) is 7.92. The molecule has 0 amide bonds. The van der Waals surface area contributed by atoms with Gasteiger partial charge in [0.05, 0.1) is 9.40 Å². The van der Waals surface area contributed by atoms with Crippen LogP contribution >= 0.6 is 15.9 Å². The van der Waals surface area contributed by atoms with Crippen LogP contribution in [0.1, 0.15) is 20.8 Å². The van der Waals surface area contributed by atoms with Crippen molar-refractivity contribution in [3.8, 4) is 0 Å². The molecule has 0 bridgehead atoms. The smallest absolute Gasteiger partial charge is 0.283 e. The topological polar surface area (TPSA) is 67.2 Å². The normalized spacial score (nSPS) is 11.3. The first-order chi connectivity index (χ1) is 8.29. The first kappa shape index (κ1) is 14.9. The van der Waals surface area contributed by atoms with Gasteiger partial charge in [0.2, 0.25) is 0 Å². The van der Waals surface area contributed by atoms with E-state index in [1.54, 1.807) is 12.1 Å². The summed E-state index contributed by atoms with van der Waals surface area (Å²) >= 11 is 3.19. The van der Waals surface area contributed by atoms with Crippen molar-refractivity contribution in [1.29, 1.82) is 0 Å². The zero-order chi connectivity index (χ0) is 13.8. The molecule has 0 unspecified atom stereocenters. The molecule has 1 aromatic rings. The molecule has 18 heavy (non-hydrogen) atoms. The lowest BCUT2D eigenvalue weighted by Crippen LogP contribution is -2.38. The van der Waals surface area contributed by atoms with Gasteiger partial charge in [0.15, 0.2) is 0 Å². The van der Waals surface area contributed by atoms with Crippen molar-refractivity contribution in [2.24, 2.45) is 0 Å². The summed E-state index contributed by atoms with van der Waals surface area (Å²) in [7, 11) is 0. The number of rotatable bonds is 5. The number of nitro groups is 1. The summed E-state index contributed by atoms with van der Waals surface area (Å²) in [6, 6.07) is 4.92. The van der Waals surface area contributed by atoms with Crippen LogP contribution in [0.2, 0.25) is 0 Å². The molecule has 0 aromatic heterocycles. The second-order valence-electron chi connectivity index (χ2n) is 5.03. The minimum Gasteiger partial charge on any atom is -0.384 e. The predicted octanol–water partition coefficient (Wildman–Crippen LogP) is 3.16.